The molecule has 0 N–H and O–H groups in total. The second kappa shape index (κ2) is 9.25. The first kappa shape index (κ1) is 23.1. The maximum absolute atomic E-state index is 12.5. The molecule has 0 saturated heterocycles. The van der Waals surface area contributed by atoms with Crippen LogP contribution in [0.1, 0.15) is 31.9 Å². The van der Waals surface area contributed by atoms with Gasteiger partial charge in [-0.15, -0.1) is 11.3 Å². The second-order valence-corrected chi connectivity index (χ2v) is 11.1. The molecule has 1 aromatic heterocycles. The monoisotopic (exact) mass is 515 g/mol. The second-order valence-electron chi connectivity index (χ2n) is 7.85. The van der Waals surface area contributed by atoms with Gasteiger partial charge in [-0.1, -0.05) is 0 Å². The molecule has 0 radical (unpaired) electrons. The molecule has 1 aliphatic rings. The van der Waals surface area contributed by atoms with Gasteiger partial charge in [0.1, 0.15) is 16.4 Å². The molecule has 30 heavy (non-hydrogen) atoms. The molecule has 0 spiro atoms. The summed E-state index contributed by atoms with van der Waals surface area (Å²) in [6.07, 6.45) is 0.892. The largest absolute Gasteiger partial charge is 0.755 e. The molecule has 1 amide bonds. The zero-order valence-electron chi connectivity index (χ0n) is 17.3. The molecule has 1 atom stereocenters. The van der Waals surface area contributed by atoms with Gasteiger partial charge in [-0.3, -0.25) is 8.51 Å². The molecule has 3 rings (SSSR count). The van der Waals surface area contributed by atoms with E-state index >= 15 is 0 Å². The molecule has 0 aliphatic carbocycles. The van der Waals surface area contributed by atoms with E-state index in [4.69, 9.17) is 9.47 Å². The summed E-state index contributed by atoms with van der Waals surface area (Å²) in [5.74, 6) is 0.466. The lowest BCUT2D eigenvalue weighted by molar-refractivity contribution is 0.0258. The number of anilines is 2. The first-order valence-electron chi connectivity index (χ1n) is 9.41. The van der Waals surface area contributed by atoms with Crippen LogP contribution >= 0.6 is 27.3 Å². The summed E-state index contributed by atoms with van der Waals surface area (Å²) in [4.78, 5) is 14.2. The summed E-state index contributed by atoms with van der Waals surface area (Å²) in [7, 11) is 1.52. The number of amides is 1. The van der Waals surface area contributed by atoms with Gasteiger partial charge in [0.05, 0.1) is 27.9 Å². The lowest BCUT2D eigenvalue weighted by atomic mass is 10.0. The number of carbonyl (C=O) groups excluding carboxylic acids is 1. The van der Waals surface area contributed by atoms with E-state index in [0.29, 0.717) is 42.4 Å². The van der Waals surface area contributed by atoms with Crippen molar-refractivity contribution in [3.05, 3.63) is 39.2 Å². The Balaban J connectivity index is 1.92. The van der Waals surface area contributed by atoms with Crippen LogP contribution in [0.15, 0.2) is 28.1 Å². The number of carbonyl (C=O) groups is 1. The van der Waals surface area contributed by atoms with Crippen molar-refractivity contribution in [2.75, 3.05) is 24.5 Å². The van der Waals surface area contributed by atoms with Gasteiger partial charge in [0.15, 0.2) is 0 Å². The normalized spacial score (nSPS) is 15.2. The van der Waals surface area contributed by atoms with Crippen molar-refractivity contribution in [3.63, 3.8) is 0 Å². The average molecular weight is 516 g/mol. The fourth-order valence-electron chi connectivity index (χ4n) is 3.26. The minimum absolute atomic E-state index is 0.340. The highest BCUT2D eigenvalue weighted by molar-refractivity contribution is 9.11. The quantitative estimate of drug-likeness (QED) is 0.546. The summed E-state index contributed by atoms with van der Waals surface area (Å²) in [6.45, 7) is 6.55. The van der Waals surface area contributed by atoms with E-state index in [1.54, 1.807) is 17.0 Å². The molecule has 7 nitrogen and oxygen atoms in total. The summed E-state index contributed by atoms with van der Waals surface area (Å²) in [5.41, 5.74) is 1.92. The molecule has 164 valence electrons. The number of fused-ring (bicyclic) bond motifs is 1. The molecular formula is C20H24BrN2O5S2-. The molecule has 2 aromatic rings. The molecule has 10 heteroatoms. The highest BCUT2D eigenvalue weighted by Crippen LogP contribution is 2.41. The fourth-order valence-corrected chi connectivity index (χ4v) is 5.35. The van der Waals surface area contributed by atoms with Gasteiger partial charge in [0.25, 0.3) is 0 Å². The molecule has 1 aliphatic heterocycles. The Kier molecular flexibility index (Phi) is 7.11. The summed E-state index contributed by atoms with van der Waals surface area (Å²) in [6, 6.07) is 7.25. The van der Waals surface area contributed by atoms with Crippen LogP contribution in [-0.2, 0) is 28.8 Å². The van der Waals surface area contributed by atoms with Gasteiger partial charge in [-0.05, 0) is 84.9 Å². The van der Waals surface area contributed by atoms with Crippen molar-refractivity contribution in [2.45, 2.75) is 39.2 Å². The van der Waals surface area contributed by atoms with Crippen LogP contribution < -0.4 is 9.04 Å². The van der Waals surface area contributed by atoms with Gasteiger partial charge in [-0.2, -0.15) is 0 Å². The van der Waals surface area contributed by atoms with E-state index in [1.807, 2.05) is 32.9 Å². The third-order valence-electron chi connectivity index (χ3n) is 4.58. The number of benzene rings is 1. The molecule has 0 bridgehead atoms. The van der Waals surface area contributed by atoms with E-state index in [0.717, 1.165) is 14.9 Å². The van der Waals surface area contributed by atoms with Gasteiger partial charge in [0.2, 0.25) is 0 Å². The van der Waals surface area contributed by atoms with E-state index in [1.165, 1.54) is 22.8 Å². The van der Waals surface area contributed by atoms with Gasteiger partial charge in [-0.25, -0.2) is 4.79 Å². The first-order valence-corrected chi connectivity index (χ1v) is 12.1. The Hall–Kier alpha value is -1.62. The van der Waals surface area contributed by atoms with Crippen molar-refractivity contribution in [2.24, 2.45) is 0 Å². The highest BCUT2D eigenvalue weighted by atomic mass is 79.9. The number of methoxy groups -OCH3 is 1. The van der Waals surface area contributed by atoms with Crippen molar-refractivity contribution >= 4 is 55.3 Å². The van der Waals surface area contributed by atoms with Gasteiger partial charge >= 0.3 is 6.09 Å². The predicted octanol–water partition coefficient (Wildman–Crippen LogP) is 4.79. The van der Waals surface area contributed by atoms with Crippen LogP contribution in [0.25, 0.3) is 0 Å². The zero-order chi connectivity index (χ0) is 22.1. The smallest absolute Gasteiger partial charge is 0.410 e. The Labute approximate surface area is 191 Å². The van der Waals surface area contributed by atoms with Crippen LogP contribution in [0.5, 0.6) is 5.75 Å². The number of rotatable bonds is 4. The Morgan fingerprint density at radius 3 is 2.37 bits per heavy atom. The summed E-state index contributed by atoms with van der Waals surface area (Å²) in [5, 5.41) is 0.553. The number of halogens is 1. The van der Waals surface area contributed by atoms with Crippen molar-refractivity contribution in [1.29, 1.82) is 0 Å². The van der Waals surface area contributed by atoms with Crippen molar-refractivity contribution in [1.82, 2.24) is 4.90 Å². The molecule has 0 fully saturated rings. The van der Waals surface area contributed by atoms with Crippen LogP contribution in [-0.4, -0.2) is 45.6 Å². The van der Waals surface area contributed by atoms with Gasteiger partial charge in [0, 0.05) is 13.1 Å². The molecule has 0 saturated carbocycles. The standard InChI is InChI=1S/C20H25BrN2O5S2/c1-20(2,3)28-19(24)22-9-7-13-11-15(16(27-4)12-14(13)8-10-22)23(30(25)26)18-6-5-17(21)29-18/h5-6,11-12H,7-10H2,1-4H3,(H,25,26)/p-1. The summed E-state index contributed by atoms with van der Waals surface area (Å²) < 4.78 is 37.2. The Morgan fingerprint density at radius 2 is 1.87 bits per heavy atom. The molecule has 1 unspecified atom stereocenters. The third-order valence-corrected chi connectivity index (χ3v) is 7.00. The van der Waals surface area contributed by atoms with E-state index < -0.39 is 16.9 Å². The lowest BCUT2D eigenvalue weighted by Gasteiger charge is -2.27. The SMILES string of the molecule is COc1cc2c(cc1N(c1ccc(Br)s1)S(=O)[O-])CCN(C(=O)OC(C)(C)C)CC2. The summed E-state index contributed by atoms with van der Waals surface area (Å²) >= 11 is 2.17. The van der Waals surface area contributed by atoms with Crippen LogP contribution in [0, 0.1) is 0 Å². The number of ether oxygens (including phenoxy) is 2. The third kappa shape index (κ3) is 5.35. The number of thiophene rings is 1. The maximum Gasteiger partial charge on any atom is 0.410 e. The average Bonchev–Trinajstić information content (AvgIpc) is 2.95. The number of hydrogen-bond acceptors (Lipinski definition) is 6. The minimum Gasteiger partial charge on any atom is -0.755 e. The maximum atomic E-state index is 12.5. The highest BCUT2D eigenvalue weighted by Gasteiger charge is 2.26. The van der Waals surface area contributed by atoms with Crippen LogP contribution in [0.2, 0.25) is 0 Å². The number of nitrogens with zero attached hydrogens (tertiary/aromatic N) is 2. The molecule has 2 heterocycles. The number of hydrogen-bond donors (Lipinski definition) is 0. The Bertz CT molecular complexity index is 957. The lowest BCUT2D eigenvalue weighted by Crippen LogP contribution is -2.38. The predicted molar refractivity (Wildman–Crippen MR) is 121 cm³/mol. The van der Waals surface area contributed by atoms with Crippen molar-refractivity contribution < 1.29 is 23.0 Å². The minimum atomic E-state index is -2.53. The first-order chi connectivity index (χ1) is 14.1. The fraction of sp³-hybridized carbons (Fsp3) is 0.450. The van der Waals surface area contributed by atoms with Crippen LogP contribution in [0.3, 0.4) is 0 Å². The zero-order valence-corrected chi connectivity index (χ0v) is 20.5. The Morgan fingerprint density at radius 1 is 1.23 bits per heavy atom. The molecular weight excluding hydrogens is 492 g/mol. The van der Waals surface area contributed by atoms with Crippen LogP contribution in [0.4, 0.5) is 15.5 Å². The topological polar surface area (TPSA) is 82.1 Å². The van der Waals surface area contributed by atoms with E-state index in [2.05, 4.69) is 15.9 Å². The van der Waals surface area contributed by atoms with Gasteiger partial charge < -0.3 is 18.9 Å². The molecule has 1 aromatic carbocycles. The van der Waals surface area contributed by atoms with E-state index in [9.17, 15) is 13.6 Å². The van der Waals surface area contributed by atoms with E-state index in [-0.39, 0.29) is 6.09 Å². The van der Waals surface area contributed by atoms with Crippen molar-refractivity contribution in [3.8, 4) is 5.75 Å².